The van der Waals surface area contributed by atoms with Gasteiger partial charge < -0.3 is 5.32 Å². The van der Waals surface area contributed by atoms with Gasteiger partial charge in [0.2, 0.25) is 15.9 Å². The minimum absolute atomic E-state index is 0.0887. The molecule has 0 aliphatic carbocycles. The van der Waals surface area contributed by atoms with Gasteiger partial charge in [-0.1, -0.05) is 35.9 Å². The van der Waals surface area contributed by atoms with E-state index in [4.69, 9.17) is 11.6 Å². The fourth-order valence-corrected chi connectivity index (χ4v) is 2.69. The van der Waals surface area contributed by atoms with Gasteiger partial charge in [0, 0.05) is 31.1 Å². The molecule has 0 spiro atoms. The monoisotopic (exact) mass is 330 g/mol. The van der Waals surface area contributed by atoms with E-state index in [2.05, 4.69) is 11.9 Å². The highest BCUT2D eigenvalue weighted by Gasteiger charge is 2.16. The molecule has 0 aliphatic rings. The Kier molecular flexibility index (Phi) is 6.87. The Bertz CT molecular complexity index is 602. The molecule has 0 radical (unpaired) electrons. The normalized spacial score (nSPS) is 11.4. The van der Waals surface area contributed by atoms with Crippen molar-refractivity contribution in [3.63, 3.8) is 0 Å². The van der Waals surface area contributed by atoms with E-state index in [1.165, 1.54) is 10.4 Å². The lowest BCUT2D eigenvalue weighted by Gasteiger charge is -2.17. The van der Waals surface area contributed by atoms with Crippen LogP contribution in [-0.2, 0) is 21.4 Å². The van der Waals surface area contributed by atoms with Crippen LogP contribution in [0.5, 0.6) is 0 Å². The van der Waals surface area contributed by atoms with E-state index in [0.717, 1.165) is 11.8 Å². The summed E-state index contributed by atoms with van der Waals surface area (Å²) in [4.78, 5) is 11.8. The van der Waals surface area contributed by atoms with Gasteiger partial charge in [-0.05, 0) is 11.6 Å². The summed E-state index contributed by atoms with van der Waals surface area (Å²) in [5.41, 5.74) is 0.818. The van der Waals surface area contributed by atoms with E-state index in [1.807, 2.05) is 18.2 Å². The van der Waals surface area contributed by atoms with Crippen molar-refractivity contribution < 1.29 is 13.2 Å². The number of halogens is 1. The molecular weight excluding hydrogens is 312 g/mol. The number of hydrogen-bond acceptors (Lipinski definition) is 3. The summed E-state index contributed by atoms with van der Waals surface area (Å²) in [5, 5.41) is 3.30. The number of nitrogens with one attached hydrogen (secondary N) is 1. The van der Waals surface area contributed by atoms with Gasteiger partial charge >= 0.3 is 0 Å². The van der Waals surface area contributed by atoms with E-state index in [9.17, 15) is 13.2 Å². The summed E-state index contributed by atoms with van der Waals surface area (Å²) < 4.78 is 24.2. The van der Waals surface area contributed by atoms with Gasteiger partial charge in [0.25, 0.3) is 0 Å². The predicted molar refractivity (Wildman–Crippen MR) is 84.5 cm³/mol. The predicted octanol–water partition coefficient (Wildman–Crippen LogP) is 1.79. The number of carbonyl (C=O) groups is 1. The Balaban J connectivity index is 2.47. The summed E-state index contributed by atoms with van der Waals surface area (Å²) in [6, 6.07) is 7.22. The van der Waals surface area contributed by atoms with E-state index in [0.29, 0.717) is 11.6 Å². The van der Waals surface area contributed by atoms with Crippen molar-refractivity contribution in [2.45, 2.75) is 13.0 Å². The first-order chi connectivity index (χ1) is 9.84. The van der Waals surface area contributed by atoms with Gasteiger partial charge in [-0.2, -0.15) is 4.31 Å². The fraction of sp³-hybridized carbons (Fsp3) is 0.357. The standard InChI is InChI=1S/C14H19ClN2O3S/c1-3-9-17(21(2,19)20)10-8-14(18)16-11-12-6-4-5-7-13(12)15/h3-7H,1,8-11H2,2H3,(H,16,18). The van der Waals surface area contributed by atoms with Crippen LogP contribution in [0.1, 0.15) is 12.0 Å². The van der Waals surface area contributed by atoms with Gasteiger partial charge in [-0.25, -0.2) is 8.42 Å². The Morgan fingerprint density at radius 3 is 2.67 bits per heavy atom. The van der Waals surface area contributed by atoms with E-state index < -0.39 is 10.0 Å². The first kappa shape index (κ1) is 17.7. The number of nitrogens with zero attached hydrogens (tertiary/aromatic N) is 1. The number of benzene rings is 1. The van der Waals surface area contributed by atoms with Crippen molar-refractivity contribution in [2.24, 2.45) is 0 Å². The molecule has 0 bridgehead atoms. The number of rotatable bonds is 8. The lowest BCUT2D eigenvalue weighted by molar-refractivity contribution is -0.121. The minimum Gasteiger partial charge on any atom is -0.352 e. The van der Waals surface area contributed by atoms with Crippen molar-refractivity contribution in [3.8, 4) is 0 Å². The molecule has 1 aromatic carbocycles. The van der Waals surface area contributed by atoms with Crippen molar-refractivity contribution >= 4 is 27.5 Å². The van der Waals surface area contributed by atoms with Crippen LogP contribution in [0.2, 0.25) is 5.02 Å². The van der Waals surface area contributed by atoms with Crippen LogP contribution < -0.4 is 5.32 Å². The molecule has 7 heteroatoms. The zero-order chi connectivity index (χ0) is 15.9. The highest BCUT2D eigenvalue weighted by atomic mass is 35.5. The van der Waals surface area contributed by atoms with Crippen LogP contribution in [0.15, 0.2) is 36.9 Å². The summed E-state index contributed by atoms with van der Waals surface area (Å²) >= 11 is 5.99. The summed E-state index contributed by atoms with van der Waals surface area (Å²) in [6.45, 7) is 4.14. The molecule has 0 aliphatic heterocycles. The zero-order valence-electron chi connectivity index (χ0n) is 11.9. The van der Waals surface area contributed by atoms with Crippen LogP contribution in [0.25, 0.3) is 0 Å². The largest absolute Gasteiger partial charge is 0.352 e. The molecule has 0 heterocycles. The lowest BCUT2D eigenvalue weighted by atomic mass is 10.2. The van der Waals surface area contributed by atoms with Crippen molar-refractivity contribution in [2.75, 3.05) is 19.3 Å². The second kappa shape index (κ2) is 8.17. The molecule has 0 saturated carbocycles. The second-order valence-electron chi connectivity index (χ2n) is 4.53. The molecule has 0 saturated heterocycles. The molecule has 0 aromatic heterocycles. The number of hydrogen-bond donors (Lipinski definition) is 1. The summed E-state index contributed by atoms with van der Waals surface area (Å²) in [6.07, 6.45) is 2.69. The van der Waals surface area contributed by atoms with E-state index in [-0.39, 0.29) is 25.4 Å². The highest BCUT2D eigenvalue weighted by Crippen LogP contribution is 2.14. The molecule has 1 aromatic rings. The third-order valence-electron chi connectivity index (χ3n) is 2.82. The molecule has 0 unspecified atom stereocenters. The zero-order valence-corrected chi connectivity index (χ0v) is 13.5. The quantitative estimate of drug-likeness (QED) is 0.739. The first-order valence-electron chi connectivity index (χ1n) is 6.40. The van der Waals surface area contributed by atoms with Gasteiger partial charge in [-0.3, -0.25) is 4.79 Å². The van der Waals surface area contributed by atoms with Gasteiger partial charge in [0.15, 0.2) is 0 Å². The molecule has 116 valence electrons. The molecule has 5 nitrogen and oxygen atoms in total. The van der Waals surface area contributed by atoms with Crippen LogP contribution in [0, 0.1) is 0 Å². The molecule has 0 atom stereocenters. The summed E-state index contributed by atoms with van der Waals surface area (Å²) in [7, 11) is -3.34. The smallest absolute Gasteiger partial charge is 0.221 e. The highest BCUT2D eigenvalue weighted by molar-refractivity contribution is 7.88. The average molecular weight is 331 g/mol. The number of sulfonamides is 1. The Morgan fingerprint density at radius 1 is 1.43 bits per heavy atom. The minimum atomic E-state index is -3.34. The summed E-state index contributed by atoms with van der Waals surface area (Å²) in [5.74, 6) is -0.229. The fourth-order valence-electron chi connectivity index (χ4n) is 1.69. The molecule has 21 heavy (non-hydrogen) atoms. The number of amides is 1. The van der Waals surface area contributed by atoms with E-state index >= 15 is 0 Å². The average Bonchev–Trinajstić information content (AvgIpc) is 2.41. The van der Waals surface area contributed by atoms with Gasteiger partial charge in [0.05, 0.1) is 6.26 Å². The molecule has 1 rings (SSSR count). The Labute approximate surface area is 130 Å². The molecule has 0 fully saturated rings. The maximum absolute atomic E-state index is 11.8. The van der Waals surface area contributed by atoms with Crippen LogP contribution in [0.3, 0.4) is 0 Å². The van der Waals surface area contributed by atoms with Gasteiger partial charge in [-0.15, -0.1) is 6.58 Å². The van der Waals surface area contributed by atoms with Crippen LogP contribution in [-0.4, -0.2) is 38.0 Å². The van der Waals surface area contributed by atoms with Crippen molar-refractivity contribution in [3.05, 3.63) is 47.5 Å². The van der Waals surface area contributed by atoms with Crippen molar-refractivity contribution in [1.29, 1.82) is 0 Å². The first-order valence-corrected chi connectivity index (χ1v) is 8.63. The third-order valence-corrected chi connectivity index (χ3v) is 4.46. The third kappa shape index (κ3) is 6.29. The Morgan fingerprint density at radius 2 is 2.10 bits per heavy atom. The van der Waals surface area contributed by atoms with Crippen LogP contribution >= 0.6 is 11.6 Å². The number of carbonyl (C=O) groups excluding carboxylic acids is 1. The van der Waals surface area contributed by atoms with E-state index in [1.54, 1.807) is 6.07 Å². The lowest BCUT2D eigenvalue weighted by Crippen LogP contribution is -2.34. The van der Waals surface area contributed by atoms with Crippen LogP contribution in [0.4, 0.5) is 0 Å². The molecule has 1 N–H and O–H groups in total. The maximum Gasteiger partial charge on any atom is 0.221 e. The second-order valence-corrected chi connectivity index (χ2v) is 6.92. The molecule has 1 amide bonds. The van der Waals surface area contributed by atoms with Gasteiger partial charge in [0.1, 0.15) is 0 Å². The maximum atomic E-state index is 11.8. The topological polar surface area (TPSA) is 66.5 Å². The molecular formula is C14H19ClN2O3S. The SMILES string of the molecule is C=CCN(CCC(=O)NCc1ccccc1Cl)S(C)(=O)=O. The Hall–Kier alpha value is -1.37. The van der Waals surface area contributed by atoms with Crippen molar-refractivity contribution in [1.82, 2.24) is 9.62 Å².